The molecule has 0 aliphatic carbocycles. The molecule has 1 aliphatic rings. The van der Waals surface area contributed by atoms with Crippen molar-refractivity contribution < 1.29 is 19.4 Å². The van der Waals surface area contributed by atoms with Crippen molar-refractivity contribution in [2.75, 3.05) is 25.1 Å². The number of nitrogens with one attached hydrogen (secondary N) is 2. The molecule has 1 fully saturated rings. The lowest BCUT2D eigenvalue weighted by molar-refractivity contribution is -0.0249. The number of carbonyl (C=O) groups excluding carboxylic acids is 1. The van der Waals surface area contributed by atoms with Crippen molar-refractivity contribution >= 4 is 17.7 Å². The predicted molar refractivity (Wildman–Crippen MR) is 73.1 cm³/mol. The monoisotopic (exact) mass is 281 g/mol. The summed E-state index contributed by atoms with van der Waals surface area (Å²) in [4.78, 5) is 27.8. The third kappa shape index (κ3) is 2.77. The molecule has 0 atom stereocenters. The van der Waals surface area contributed by atoms with Crippen molar-refractivity contribution in [1.29, 1.82) is 0 Å². The van der Waals surface area contributed by atoms with E-state index in [4.69, 9.17) is 9.84 Å². The summed E-state index contributed by atoms with van der Waals surface area (Å²) in [6.45, 7) is 6.97. The third-order valence-electron chi connectivity index (χ3n) is 3.30. The van der Waals surface area contributed by atoms with Crippen molar-refractivity contribution in [3.05, 3.63) is 17.5 Å². The van der Waals surface area contributed by atoms with Crippen LogP contribution in [0.2, 0.25) is 0 Å². The van der Waals surface area contributed by atoms with Crippen molar-refractivity contribution in [3.8, 4) is 0 Å². The fourth-order valence-corrected chi connectivity index (χ4v) is 2.27. The number of urea groups is 1. The first-order chi connectivity index (χ1) is 9.31. The molecular formula is C13H19N3O4. The second-order valence-corrected chi connectivity index (χ2v) is 5.49. The summed E-state index contributed by atoms with van der Waals surface area (Å²) in [5, 5.41) is 11.7. The molecule has 1 aromatic rings. The van der Waals surface area contributed by atoms with Gasteiger partial charge in [0, 0.05) is 12.2 Å². The molecule has 2 heterocycles. The van der Waals surface area contributed by atoms with E-state index in [1.54, 1.807) is 17.9 Å². The first-order valence-electron chi connectivity index (χ1n) is 6.40. The van der Waals surface area contributed by atoms with Crippen molar-refractivity contribution in [1.82, 2.24) is 9.88 Å². The zero-order chi connectivity index (χ0) is 14.9. The number of hydrogen-bond donors (Lipinski definition) is 3. The zero-order valence-corrected chi connectivity index (χ0v) is 11.8. The van der Waals surface area contributed by atoms with Gasteiger partial charge in [-0.2, -0.15) is 0 Å². The van der Waals surface area contributed by atoms with Gasteiger partial charge in [0.1, 0.15) is 5.69 Å². The number of morpholine rings is 1. The number of rotatable bonds is 2. The summed E-state index contributed by atoms with van der Waals surface area (Å²) in [5.74, 6) is -1.10. The smallest absolute Gasteiger partial charge is 0.354 e. The molecule has 0 bridgehead atoms. The molecule has 1 aromatic heterocycles. The number of amides is 2. The Bertz CT molecular complexity index is 536. The average molecular weight is 281 g/mol. The highest BCUT2D eigenvalue weighted by Crippen LogP contribution is 2.22. The molecule has 0 aromatic carbocycles. The van der Waals surface area contributed by atoms with E-state index < -0.39 is 11.5 Å². The van der Waals surface area contributed by atoms with Crippen LogP contribution in [0.25, 0.3) is 0 Å². The van der Waals surface area contributed by atoms with E-state index in [1.807, 2.05) is 13.8 Å². The Hall–Kier alpha value is -2.02. The van der Waals surface area contributed by atoms with Crippen LogP contribution >= 0.6 is 0 Å². The first-order valence-corrected chi connectivity index (χ1v) is 6.40. The minimum Gasteiger partial charge on any atom is -0.477 e. The molecule has 1 aliphatic heterocycles. The lowest BCUT2D eigenvalue weighted by Crippen LogP contribution is -2.56. The van der Waals surface area contributed by atoms with E-state index in [0.717, 1.165) is 0 Å². The van der Waals surface area contributed by atoms with Crippen LogP contribution in [0, 0.1) is 6.92 Å². The van der Waals surface area contributed by atoms with Gasteiger partial charge in [-0.15, -0.1) is 0 Å². The summed E-state index contributed by atoms with van der Waals surface area (Å²) in [5.41, 5.74) is 0.528. The minimum atomic E-state index is -1.10. The third-order valence-corrected chi connectivity index (χ3v) is 3.30. The fourth-order valence-electron chi connectivity index (χ4n) is 2.27. The minimum absolute atomic E-state index is 0.0121. The molecular weight excluding hydrogens is 262 g/mol. The van der Waals surface area contributed by atoms with Gasteiger partial charge in [-0.3, -0.25) is 0 Å². The highest BCUT2D eigenvalue weighted by Gasteiger charge is 2.34. The van der Waals surface area contributed by atoms with Gasteiger partial charge in [-0.25, -0.2) is 9.59 Å². The van der Waals surface area contributed by atoms with E-state index in [2.05, 4.69) is 10.3 Å². The SMILES string of the molecule is Cc1cc(NC(=O)N2CCOCC2(C)C)c(C(=O)O)[nH]1. The van der Waals surface area contributed by atoms with E-state index in [1.165, 1.54) is 0 Å². The van der Waals surface area contributed by atoms with Crippen LogP contribution in [0.1, 0.15) is 30.0 Å². The Balaban J connectivity index is 2.17. The quantitative estimate of drug-likeness (QED) is 0.768. The number of anilines is 1. The number of H-pyrrole nitrogens is 1. The molecule has 0 unspecified atom stereocenters. The Labute approximate surface area is 116 Å². The van der Waals surface area contributed by atoms with Crippen LogP contribution in [0.4, 0.5) is 10.5 Å². The number of aromatic nitrogens is 1. The fraction of sp³-hybridized carbons (Fsp3) is 0.538. The van der Waals surface area contributed by atoms with Crippen LogP contribution in [-0.4, -0.2) is 52.3 Å². The van der Waals surface area contributed by atoms with Gasteiger partial charge in [0.2, 0.25) is 0 Å². The largest absolute Gasteiger partial charge is 0.477 e. The summed E-state index contributed by atoms with van der Waals surface area (Å²) in [6, 6.07) is 1.29. The highest BCUT2D eigenvalue weighted by atomic mass is 16.5. The van der Waals surface area contributed by atoms with Gasteiger partial charge in [0.25, 0.3) is 0 Å². The first kappa shape index (κ1) is 14.4. The molecule has 1 saturated heterocycles. The second-order valence-electron chi connectivity index (χ2n) is 5.49. The van der Waals surface area contributed by atoms with Crippen molar-refractivity contribution in [3.63, 3.8) is 0 Å². The summed E-state index contributed by atoms with van der Waals surface area (Å²) < 4.78 is 5.36. The van der Waals surface area contributed by atoms with Gasteiger partial charge >= 0.3 is 12.0 Å². The highest BCUT2D eigenvalue weighted by molar-refractivity contribution is 5.99. The number of nitrogens with zero attached hydrogens (tertiary/aromatic N) is 1. The lowest BCUT2D eigenvalue weighted by atomic mass is 10.0. The van der Waals surface area contributed by atoms with E-state index in [0.29, 0.717) is 25.5 Å². The van der Waals surface area contributed by atoms with Crippen LogP contribution in [-0.2, 0) is 4.74 Å². The normalized spacial score (nSPS) is 17.9. The standard InChI is InChI=1S/C13H19N3O4/c1-8-6-9(10(14-8)11(17)18)15-12(19)16-4-5-20-7-13(16,2)3/h6,14H,4-5,7H2,1-3H3,(H,15,19)(H,17,18). The average Bonchev–Trinajstić information content (AvgIpc) is 2.69. The van der Waals surface area contributed by atoms with Crippen LogP contribution in [0.15, 0.2) is 6.07 Å². The number of ether oxygens (including phenoxy) is 1. The molecule has 7 heteroatoms. The molecule has 2 rings (SSSR count). The molecule has 20 heavy (non-hydrogen) atoms. The topological polar surface area (TPSA) is 94.7 Å². The van der Waals surface area contributed by atoms with Gasteiger partial charge in [-0.05, 0) is 26.8 Å². The maximum absolute atomic E-state index is 12.3. The summed E-state index contributed by atoms with van der Waals surface area (Å²) in [6.07, 6.45) is 0. The number of aromatic amines is 1. The molecule has 110 valence electrons. The Morgan fingerprint density at radius 1 is 1.50 bits per heavy atom. The van der Waals surface area contributed by atoms with Crippen LogP contribution < -0.4 is 5.32 Å². The number of carbonyl (C=O) groups is 2. The van der Waals surface area contributed by atoms with Crippen molar-refractivity contribution in [2.24, 2.45) is 0 Å². The molecule has 0 spiro atoms. The molecule has 2 amide bonds. The predicted octanol–water partition coefficient (Wildman–Crippen LogP) is 1.66. The maximum atomic E-state index is 12.3. The van der Waals surface area contributed by atoms with Gasteiger partial charge in [0.15, 0.2) is 0 Å². The van der Waals surface area contributed by atoms with Gasteiger partial charge in [0.05, 0.1) is 24.4 Å². The molecule has 0 radical (unpaired) electrons. The Morgan fingerprint density at radius 3 is 2.80 bits per heavy atom. The number of hydrogen-bond acceptors (Lipinski definition) is 3. The van der Waals surface area contributed by atoms with E-state index >= 15 is 0 Å². The number of aryl methyl sites for hydroxylation is 1. The second kappa shape index (κ2) is 5.16. The van der Waals surface area contributed by atoms with E-state index in [-0.39, 0.29) is 17.4 Å². The van der Waals surface area contributed by atoms with Crippen LogP contribution in [0.3, 0.4) is 0 Å². The Kier molecular flexibility index (Phi) is 3.71. The summed E-state index contributed by atoms with van der Waals surface area (Å²) in [7, 11) is 0. The van der Waals surface area contributed by atoms with Crippen molar-refractivity contribution in [2.45, 2.75) is 26.3 Å². The molecule has 0 saturated carbocycles. The van der Waals surface area contributed by atoms with Gasteiger partial charge in [-0.1, -0.05) is 0 Å². The van der Waals surface area contributed by atoms with Gasteiger partial charge < -0.3 is 25.0 Å². The zero-order valence-electron chi connectivity index (χ0n) is 11.8. The van der Waals surface area contributed by atoms with Crippen LogP contribution in [0.5, 0.6) is 0 Å². The maximum Gasteiger partial charge on any atom is 0.354 e. The van der Waals surface area contributed by atoms with E-state index in [9.17, 15) is 9.59 Å². The number of aromatic carboxylic acids is 1. The molecule has 7 nitrogen and oxygen atoms in total. The number of carboxylic acid groups (broad SMARTS) is 1. The molecule has 3 N–H and O–H groups in total. The lowest BCUT2D eigenvalue weighted by Gasteiger charge is -2.41. The Morgan fingerprint density at radius 2 is 2.20 bits per heavy atom. The number of carboxylic acids is 1. The summed E-state index contributed by atoms with van der Waals surface area (Å²) >= 11 is 0.